The van der Waals surface area contributed by atoms with Crippen LogP contribution in [0.4, 0.5) is 5.82 Å². The molecule has 0 fully saturated rings. The van der Waals surface area contributed by atoms with E-state index in [0.717, 1.165) is 0 Å². The van der Waals surface area contributed by atoms with Gasteiger partial charge in [0, 0.05) is 19.0 Å². The summed E-state index contributed by atoms with van der Waals surface area (Å²) < 4.78 is 1.51. The summed E-state index contributed by atoms with van der Waals surface area (Å²) >= 11 is 0. The van der Waals surface area contributed by atoms with Gasteiger partial charge in [-0.3, -0.25) is 9.36 Å². The molecule has 0 aliphatic carbocycles. The van der Waals surface area contributed by atoms with Gasteiger partial charge in [-0.15, -0.1) is 0 Å². The van der Waals surface area contributed by atoms with Crippen LogP contribution in [0.2, 0.25) is 0 Å². The number of imidazole rings is 1. The lowest BCUT2D eigenvalue weighted by Crippen LogP contribution is -2.43. The molecule has 0 aromatic carbocycles. The van der Waals surface area contributed by atoms with Gasteiger partial charge in [-0.1, -0.05) is 0 Å². The number of aryl methyl sites for hydroxylation is 1. The standard InChI is InChI=1S/C12H20N4O3/c1-8(2)15(9(3)4)12(17)7-14-6-11(16(18)19)13-10(14)5/h6,8-9H,7H2,1-5H3. The number of aromatic nitrogens is 2. The topological polar surface area (TPSA) is 81.3 Å². The van der Waals surface area contributed by atoms with E-state index in [2.05, 4.69) is 4.98 Å². The zero-order valence-electron chi connectivity index (χ0n) is 12.0. The quantitative estimate of drug-likeness (QED) is 0.601. The molecule has 0 atom stereocenters. The first-order valence-electron chi connectivity index (χ1n) is 6.23. The highest BCUT2D eigenvalue weighted by Crippen LogP contribution is 2.12. The van der Waals surface area contributed by atoms with Gasteiger partial charge in [0.05, 0.1) is 0 Å². The average molecular weight is 268 g/mol. The summed E-state index contributed by atoms with van der Waals surface area (Å²) in [6.45, 7) is 9.50. The van der Waals surface area contributed by atoms with Gasteiger partial charge in [0.25, 0.3) is 0 Å². The number of nitrogens with zero attached hydrogens (tertiary/aromatic N) is 4. The van der Waals surface area contributed by atoms with Crippen molar-refractivity contribution >= 4 is 11.7 Å². The second kappa shape index (κ2) is 5.81. The van der Waals surface area contributed by atoms with Crippen molar-refractivity contribution in [2.24, 2.45) is 0 Å². The van der Waals surface area contributed by atoms with Gasteiger partial charge < -0.3 is 15.0 Å². The largest absolute Gasteiger partial charge is 0.381 e. The molecule has 0 aliphatic rings. The predicted molar refractivity (Wildman–Crippen MR) is 70.7 cm³/mol. The lowest BCUT2D eigenvalue weighted by molar-refractivity contribution is -0.389. The lowest BCUT2D eigenvalue weighted by Gasteiger charge is -2.30. The van der Waals surface area contributed by atoms with Crippen molar-refractivity contribution in [1.29, 1.82) is 0 Å². The normalized spacial score (nSPS) is 11.1. The summed E-state index contributed by atoms with van der Waals surface area (Å²) in [5, 5.41) is 10.6. The Balaban J connectivity index is 2.90. The molecule has 1 rings (SSSR count). The molecule has 7 nitrogen and oxygen atoms in total. The van der Waals surface area contributed by atoms with E-state index in [0.29, 0.717) is 5.82 Å². The maximum atomic E-state index is 12.2. The molecule has 19 heavy (non-hydrogen) atoms. The van der Waals surface area contributed by atoms with Crippen LogP contribution in [0.5, 0.6) is 0 Å². The van der Waals surface area contributed by atoms with Crippen LogP contribution in [0.3, 0.4) is 0 Å². The number of hydrogen-bond acceptors (Lipinski definition) is 4. The van der Waals surface area contributed by atoms with Crippen LogP contribution < -0.4 is 0 Å². The predicted octanol–water partition coefficient (Wildman–Crippen LogP) is 1.75. The fourth-order valence-electron chi connectivity index (χ4n) is 2.14. The summed E-state index contributed by atoms with van der Waals surface area (Å²) in [6, 6.07) is 0.178. The third-order valence-electron chi connectivity index (χ3n) is 2.86. The van der Waals surface area contributed by atoms with E-state index in [-0.39, 0.29) is 30.4 Å². The first-order valence-corrected chi connectivity index (χ1v) is 6.23. The number of hydrogen-bond donors (Lipinski definition) is 0. The van der Waals surface area contributed by atoms with Crippen molar-refractivity contribution in [2.45, 2.75) is 53.2 Å². The van der Waals surface area contributed by atoms with Gasteiger partial charge in [-0.2, -0.15) is 0 Å². The summed E-state index contributed by atoms with van der Waals surface area (Å²) in [5.74, 6) is 0.166. The Morgan fingerprint density at radius 3 is 2.32 bits per heavy atom. The van der Waals surface area contributed by atoms with E-state index in [9.17, 15) is 14.9 Å². The van der Waals surface area contributed by atoms with E-state index in [1.807, 2.05) is 27.7 Å². The lowest BCUT2D eigenvalue weighted by atomic mass is 10.2. The van der Waals surface area contributed by atoms with Gasteiger partial charge >= 0.3 is 5.82 Å². The summed E-state index contributed by atoms with van der Waals surface area (Å²) in [5.41, 5.74) is 0. The molecular weight excluding hydrogens is 248 g/mol. The van der Waals surface area contributed by atoms with E-state index in [1.54, 1.807) is 11.8 Å². The molecule has 1 heterocycles. The highest BCUT2D eigenvalue weighted by molar-refractivity contribution is 5.76. The van der Waals surface area contributed by atoms with Crippen molar-refractivity contribution in [3.05, 3.63) is 22.1 Å². The minimum absolute atomic E-state index is 0.0691. The molecular formula is C12H20N4O3. The van der Waals surface area contributed by atoms with E-state index in [4.69, 9.17) is 0 Å². The van der Waals surface area contributed by atoms with Crippen LogP contribution in [0.1, 0.15) is 33.5 Å². The number of nitro groups is 1. The number of rotatable bonds is 5. The van der Waals surface area contributed by atoms with Crippen LogP contribution in [-0.2, 0) is 11.3 Å². The average Bonchev–Trinajstić information content (AvgIpc) is 2.59. The smallest absolute Gasteiger partial charge is 0.358 e. The van der Waals surface area contributed by atoms with Crippen LogP contribution >= 0.6 is 0 Å². The molecule has 1 amide bonds. The second-order valence-electron chi connectivity index (χ2n) is 5.02. The monoisotopic (exact) mass is 268 g/mol. The van der Waals surface area contributed by atoms with E-state index >= 15 is 0 Å². The molecule has 0 N–H and O–H groups in total. The molecule has 1 aromatic heterocycles. The minimum Gasteiger partial charge on any atom is -0.358 e. The molecule has 0 saturated heterocycles. The van der Waals surface area contributed by atoms with Crippen molar-refractivity contribution < 1.29 is 9.72 Å². The highest BCUT2D eigenvalue weighted by Gasteiger charge is 2.23. The molecule has 0 unspecified atom stereocenters. The Morgan fingerprint density at radius 1 is 1.42 bits per heavy atom. The summed E-state index contributed by atoms with van der Waals surface area (Å²) in [6.07, 6.45) is 1.30. The maximum absolute atomic E-state index is 12.2. The highest BCUT2D eigenvalue weighted by atomic mass is 16.6. The molecule has 106 valence electrons. The summed E-state index contributed by atoms with van der Waals surface area (Å²) in [7, 11) is 0. The molecule has 0 radical (unpaired) electrons. The third-order valence-corrected chi connectivity index (χ3v) is 2.86. The van der Waals surface area contributed by atoms with Crippen molar-refractivity contribution in [2.75, 3.05) is 0 Å². The maximum Gasteiger partial charge on any atom is 0.381 e. The zero-order valence-corrected chi connectivity index (χ0v) is 12.0. The molecule has 0 saturated carbocycles. The van der Waals surface area contributed by atoms with E-state index in [1.165, 1.54) is 10.8 Å². The molecule has 1 aromatic rings. The fraction of sp³-hybridized carbons (Fsp3) is 0.667. The van der Waals surface area contributed by atoms with Crippen LogP contribution in [-0.4, -0.2) is 37.4 Å². The van der Waals surface area contributed by atoms with Gasteiger partial charge in [-0.25, -0.2) is 0 Å². The molecule has 7 heteroatoms. The number of carbonyl (C=O) groups excluding carboxylic acids is 1. The van der Waals surface area contributed by atoms with Crippen molar-refractivity contribution in [3.8, 4) is 0 Å². The van der Waals surface area contributed by atoms with Crippen LogP contribution in [0.15, 0.2) is 6.20 Å². The van der Waals surface area contributed by atoms with Gasteiger partial charge in [0.15, 0.2) is 0 Å². The molecule has 0 aliphatic heterocycles. The Hall–Kier alpha value is -1.92. The fourth-order valence-corrected chi connectivity index (χ4v) is 2.14. The first kappa shape index (κ1) is 15.1. The van der Waals surface area contributed by atoms with Gasteiger partial charge in [0.1, 0.15) is 12.7 Å². The molecule has 0 bridgehead atoms. The SMILES string of the molecule is Cc1nc([N+](=O)[O-])cn1CC(=O)N(C(C)C)C(C)C. The van der Waals surface area contributed by atoms with Gasteiger partial charge in [-0.05, 0) is 37.6 Å². The second-order valence-corrected chi connectivity index (χ2v) is 5.02. The van der Waals surface area contributed by atoms with Crippen molar-refractivity contribution in [3.63, 3.8) is 0 Å². The van der Waals surface area contributed by atoms with E-state index < -0.39 is 4.92 Å². The Labute approximate surface area is 112 Å². The number of carbonyl (C=O) groups is 1. The van der Waals surface area contributed by atoms with Crippen LogP contribution in [0, 0.1) is 17.0 Å². The zero-order chi connectivity index (χ0) is 14.7. The first-order chi connectivity index (χ1) is 8.73. The Bertz CT molecular complexity index is 471. The number of amides is 1. The third kappa shape index (κ3) is 3.52. The van der Waals surface area contributed by atoms with Crippen LogP contribution in [0.25, 0.3) is 0 Å². The summed E-state index contributed by atoms with van der Waals surface area (Å²) in [4.78, 5) is 27.9. The Kier molecular flexibility index (Phi) is 4.63. The van der Waals surface area contributed by atoms with Crippen molar-refractivity contribution in [1.82, 2.24) is 14.5 Å². The minimum atomic E-state index is -0.559. The van der Waals surface area contributed by atoms with Gasteiger partial charge in [0.2, 0.25) is 11.7 Å². The molecule has 0 spiro atoms. The Morgan fingerprint density at radius 2 is 1.95 bits per heavy atom.